The monoisotopic (exact) mass is 223 g/mol. The molecule has 5 heteroatoms. The van der Waals surface area contributed by atoms with Crippen LogP contribution in [-0.2, 0) is 13.1 Å². The first-order chi connectivity index (χ1) is 7.38. The first-order valence-electron chi connectivity index (χ1n) is 4.77. The molecule has 0 aromatic carbocycles. The van der Waals surface area contributed by atoms with E-state index in [9.17, 15) is 0 Å². The molecule has 2 N–H and O–H groups in total. The van der Waals surface area contributed by atoms with Crippen LogP contribution in [0.25, 0.3) is 0 Å². The van der Waals surface area contributed by atoms with Gasteiger partial charge in [0.1, 0.15) is 0 Å². The second-order valence-electron chi connectivity index (χ2n) is 3.20. The predicted molar refractivity (Wildman–Crippen MR) is 61.0 cm³/mol. The minimum Gasteiger partial charge on any atom is -0.394 e. The summed E-state index contributed by atoms with van der Waals surface area (Å²) in [6.45, 7) is 1.44. The number of nitrogens with one attached hydrogen (secondary N) is 1. The zero-order valence-corrected chi connectivity index (χ0v) is 9.07. The lowest BCUT2D eigenvalue weighted by Gasteiger charge is -2.00. The van der Waals surface area contributed by atoms with Crippen LogP contribution in [0.3, 0.4) is 0 Å². The molecule has 0 radical (unpaired) electrons. The summed E-state index contributed by atoms with van der Waals surface area (Å²) in [5.41, 5.74) is 2.25. The molecule has 2 aromatic rings. The number of aliphatic hydroxyl groups excluding tert-OH is 1. The van der Waals surface area contributed by atoms with E-state index in [1.54, 1.807) is 16.0 Å². The van der Waals surface area contributed by atoms with Crippen molar-refractivity contribution in [1.82, 2.24) is 9.78 Å². The Labute approximate surface area is 92.2 Å². The lowest BCUT2D eigenvalue weighted by Crippen LogP contribution is -2.02. The fourth-order valence-corrected chi connectivity index (χ4v) is 1.90. The molecule has 2 heterocycles. The van der Waals surface area contributed by atoms with Crippen LogP contribution in [0.4, 0.5) is 5.69 Å². The van der Waals surface area contributed by atoms with E-state index < -0.39 is 0 Å². The van der Waals surface area contributed by atoms with Gasteiger partial charge in [0, 0.05) is 29.4 Å². The van der Waals surface area contributed by atoms with Gasteiger partial charge in [-0.1, -0.05) is 0 Å². The molecule has 0 saturated carbocycles. The summed E-state index contributed by atoms with van der Waals surface area (Å²) in [5.74, 6) is 0. The van der Waals surface area contributed by atoms with Crippen molar-refractivity contribution >= 4 is 17.0 Å². The zero-order chi connectivity index (χ0) is 10.5. The highest BCUT2D eigenvalue weighted by Crippen LogP contribution is 2.12. The molecule has 0 aliphatic heterocycles. The minimum absolute atomic E-state index is 0.124. The number of hydrogen-bond acceptors (Lipinski definition) is 4. The third-order valence-corrected chi connectivity index (χ3v) is 2.72. The molecule has 0 aliphatic carbocycles. The average molecular weight is 223 g/mol. The van der Waals surface area contributed by atoms with Gasteiger partial charge >= 0.3 is 0 Å². The number of nitrogens with zero attached hydrogens (tertiary/aromatic N) is 2. The van der Waals surface area contributed by atoms with E-state index in [1.165, 1.54) is 0 Å². The first-order valence-corrected chi connectivity index (χ1v) is 5.71. The summed E-state index contributed by atoms with van der Waals surface area (Å²) in [6, 6.07) is 2.04. The van der Waals surface area contributed by atoms with Crippen molar-refractivity contribution in [2.75, 3.05) is 11.9 Å². The maximum atomic E-state index is 8.73. The van der Waals surface area contributed by atoms with Crippen molar-refractivity contribution in [3.63, 3.8) is 0 Å². The van der Waals surface area contributed by atoms with Crippen LogP contribution < -0.4 is 5.32 Å². The molecule has 0 saturated heterocycles. The fraction of sp³-hybridized carbons (Fsp3) is 0.300. The quantitative estimate of drug-likeness (QED) is 0.808. The molecule has 0 bridgehead atoms. The molecule has 4 nitrogen and oxygen atoms in total. The van der Waals surface area contributed by atoms with Crippen molar-refractivity contribution in [3.8, 4) is 0 Å². The Morgan fingerprint density at radius 3 is 3.20 bits per heavy atom. The number of thiophene rings is 1. The van der Waals surface area contributed by atoms with E-state index in [2.05, 4.69) is 15.8 Å². The van der Waals surface area contributed by atoms with Gasteiger partial charge < -0.3 is 10.4 Å². The first kappa shape index (κ1) is 10.2. The van der Waals surface area contributed by atoms with E-state index in [1.807, 2.05) is 23.8 Å². The third kappa shape index (κ3) is 2.81. The molecule has 0 aliphatic rings. The summed E-state index contributed by atoms with van der Waals surface area (Å²) in [5, 5.41) is 20.3. The van der Waals surface area contributed by atoms with Crippen LogP contribution in [0, 0.1) is 0 Å². The topological polar surface area (TPSA) is 50.1 Å². The van der Waals surface area contributed by atoms with Crippen molar-refractivity contribution in [3.05, 3.63) is 34.8 Å². The Morgan fingerprint density at radius 1 is 1.53 bits per heavy atom. The van der Waals surface area contributed by atoms with Gasteiger partial charge in [-0.25, -0.2) is 0 Å². The molecular weight excluding hydrogens is 210 g/mol. The fourth-order valence-electron chi connectivity index (χ4n) is 1.29. The maximum Gasteiger partial charge on any atom is 0.0640 e. The SMILES string of the molecule is OCCn1cc(CNc2ccsc2)cn1. The third-order valence-electron chi connectivity index (χ3n) is 2.03. The molecule has 2 aromatic heterocycles. The van der Waals surface area contributed by atoms with Crippen LogP contribution in [0.15, 0.2) is 29.2 Å². The molecular formula is C10H13N3OS. The summed E-state index contributed by atoms with van der Waals surface area (Å²) < 4.78 is 1.74. The second-order valence-corrected chi connectivity index (χ2v) is 3.98. The lowest BCUT2D eigenvalue weighted by molar-refractivity contribution is 0.269. The number of hydrogen-bond donors (Lipinski definition) is 2. The van der Waals surface area contributed by atoms with Crippen molar-refractivity contribution in [2.45, 2.75) is 13.1 Å². The summed E-state index contributed by atoms with van der Waals surface area (Å²) in [4.78, 5) is 0. The predicted octanol–water partition coefficient (Wildman–Crippen LogP) is 1.55. The molecule has 80 valence electrons. The highest BCUT2D eigenvalue weighted by atomic mass is 32.1. The van der Waals surface area contributed by atoms with Gasteiger partial charge in [0.15, 0.2) is 0 Å². The molecule has 0 unspecified atom stereocenters. The number of aromatic nitrogens is 2. The van der Waals surface area contributed by atoms with Gasteiger partial charge in [0.2, 0.25) is 0 Å². The summed E-state index contributed by atoms with van der Waals surface area (Å²) in [7, 11) is 0. The van der Waals surface area contributed by atoms with E-state index in [-0.39, 0.29) is 6.61 Å². The lowest BCUT2D eigenvalue weighted by atomic mass is 10.3. The molecule has 15 heavy (non-hydrogen) atoms. The summed E-state index contributed by atoms with van der Waals surface area (Å²) >= 11 is 1.67. The average Bonchev–Trinajstić information content (AvgIpc) is 2.85. The van der Waals surface area contributed by atoms with Crippen molar-refractivity contribution < 1.29 is 5.11 Å². The highest BCUT2D eigenvalue weighted by Gasteiger charge is 1.98. The van der Waals surface area contributed by atoms with E-state index in [0.29, 0.717) is 6.54 Å². The van der Waals surface area contributed by atoms with Crippen LogP contribution in [-0.4, -0.2) is 21.5 Å². The Balaban J connectivity index is 1.88. The Bertz CT molecular complexity index is 396. The van der Waals surface area contributed by atoms with Crippen molar-refractivity contribution in [2.24, 2.45) is 0 Å². The van der Waals surface area contributed by atoms with Crippen LogP contribution in [0.5, 0.6) is 0 Å². The van der Waals surface area contributed by atoms with Crippen LogP contribution in [0.2, 0.25) is 0 Å². The van der Waals surface area contributed by atoms with Crippen LogP contribution >= 0.6 is 11.3 Å². The van der Waals surface area contributed by atoms with Gasteiger partial charge in [-0.3, -0.25) is 4.68 Å². The number of rotatable bonds is 5. The maximum absolute atomic E-state index is 8.73. The number of aliphatic hydroxyl groups is 1. The number of anilines is 1. The Kier molecular flexibility index (Phi) is 3.37. The van der Waals surface area contributed by atoms with Crippen LogP contribution in [0.1, 0.15) is 5.56 Å². The standard InChI is InChI=1S/C10H13N3OS/c14-3-2-13-7-9(6-12-13)5-11-10-1-4-15-8-10/h1,4,6-8,11,14H,2-3,5H2. The second kappa shape index (κ2) is 4.95. The smallest absolute Gasteiger partial charge is 0.0640 e. The van der Waals surface area contributed by atoms with Gasteiger partial charge in [-0.15, -0.1) is 0 Å². The summed E-state index contributed by atoms with van der Waals surface area (Å²) in [6.07, 6.45) is 3.75. The molecule has 0 amide bonds. The highest BCUT2D eigenvalue weighted by molar-refractivity contribution is 7.08. The van der Waals surface area contributed by atoms with E-state index in [0.717, 1.165) is 17.8 Å². The van der Waals surface area contributed by atoms with Gasteiger partial charge in [0.25, 0.3) is 0 Å². The Hall–Kier alpha value is -1.33. The van der Waals surface area contributed by atoms with E-state index in [4.69, 9.17) is 5.11 Å². The van der Waals surface area contributed by atoms with E-state index >= 15 is 0 Å². The normalized spacial score (nSPS) is 10.5. The van der Waals surface area contributed by atoms with Gasteiger partial charge in [-0.05, 0) is 11.4 Å². The minimum atomic E-state index is 0.124. The Morgan fingerprint density at radius 2 is 2.47 bits per heavy atom. The largest absolute Gasteiger partial charge is 0.394 e. The molecule has 0 fully saturated rings. The van der Waals surface area contributed by atoms with Crippen molar-refractivity contribution in [1.29, 1.82) is 0 Å². The van der Waals surface area contributed by atoms with Gasteiger partial charge in [0.05, 0.1) is 19.3 Å². The molecule has 0 atom stereocenters. The molecule has 2 rings (SSSR count). The molecule has 0 spiro atoms. The zero-order valence-electron chi connectivity index (χ0n) is 8.26. The van der Waals surface area contributed by atoms with Gasteiger partial charge in [-0.2, -0.15) is 16.4 Å².